The summed E-state index contributed by atoms with van der Waals surface area (Å²) in [5.41, 5.74) is 0.733. The Morgan fingerprint density at radius 3 is 2.50 bits per heavy atom. The summed E-state index contributed by atoms with van der Waals surface area (Å²) in [6, 6.07) is 5.31. The number of carbonyl (C=O) groups is 1. The highest BCUT2D eigenvalue weighted by atomic mass is 79.9. The van der Waals surface area contributed by atoms with E-state index in [1.165, 1.54) is 0 Å². The van der Waals surface area contributed by atoms with E-state index in [9.17, 15) is 4.79 Å². The van der Waals surface area contributed by atoms with Gasteiger partial charge in [0, 0.05) is 21.5 Å². The van der Waals surface area contributed by atoms with E-state index in [2.05, 4.69) is 29.8 Å². The van der Waals surface area contributed by atoms with E-state index in [1.807, 2.05) is 0 Å². The molecule has 0 aliphatic heterocycles. The number of benzene rings is 1. The molecule has 0 aliphatic carbocycles. The molecule has 0 radical (unpaired) electrons. The molecule has 1 rings (SSSR count). The second kappa shape index (κ2) is 6.41. The van der Waals surface area contributed by atoms with Crippen LogP contribution in [0.15, 0.2) is 22.7 Å². The monoisotopic (exact) mass is 302 g/mol. The van der Waals surface area contributed by atoms with E-state index in [4.69, 9.17) is 11.6 Å². The summed E-state index contributed by atoms with van der Waals surface area (Å²) >= 11 is 9.22. The van der Waals surface area contributed by atoms with Gasteiger partial charge in [-0.25, -0.2) is 0 Å². The van der Waals surface area contributed by atoms with Crippen LogP contribution in [-0.4, -0.2) is 5.78 Å². The van der Waals surface area contributed by atoms with Gasteiger partial charge < -0.3 is 0 Å². The zero-order valence-electron chi connectivity index (χ0n) is 9.59. The number of Topliss-reactive ketones (excluding diaryl/α,β-unsaturated/α-hetero) is 1. The summed E-state index contributed by atoms with van der Waals surface area (Å²) in [5, 5.41) is 0.644. The highest BCUT2D eigenvalue weighted by Crippen LogP contribution is 2.25. The molecule has 0 heterocycles. The van der Waals surface area contributed by atoms with Gasteiger partial charge in [-0.3, -0.25) is 4.79 Å². The molecular weight excluding hydrogens is 287 g/mol. The fourth-order valence-electron chi connectivity index (χ4n) is 1.67. The van der Waals surface area contributed by atoms with Gasteiger partial charge in [-0.05, 0) is 40.0 Å². The first-order valence-electron chi connectivity index (χ1n) is 5.56. The molecule has 0 spiro atoms. The average Bonchev–Trinajstić information content (AvgIpc) is 2.25. The first kappa shape index (κ1) is 13.7. The van der Waals surface area contributed by atoms with Crippen LogP contribution in [0, 0.1) is 5.92 Å². The fourth-order valence-corrected chi connectivity index (χ4v) is 2.57. The zero-order valence-corrected chi connectivity index (χ0v) is 11.9. The zero-order chi connectivity index (χ0) is 12.1. The number of carbonyl (C=O) groups excluding carboxylic acids is 1. The Morgan fingerprint density at radius 2 is 2.00 bits per heavy atom. The highest BCUT2D eigenvalue weighted by molar-refractivity contribution is 9.10. The third-order valence-corrected chi connectivity index (χ3v) is 3.75. The average molecular weight is 304 g/mol. The molecule has 0 aliphatic rings. The van der Waals surface area contributed by atoms with Crippen molar-refractivity contribution < 1.29 is 4.79 Å². The molecule has 0 fully saturated rings. The van der Waals surface area contributed by atoms with Crippen molar-refractivity contribution in [2.24, 2.45) is 5.92 Å². The van der Waals surface area contributed by atoms with Crippen molar-refractivity contribution in [3.05, 3.63) is 33.3 Å². The van der Waals surface area contributed by atoms with E-state index in [1.54, 1.807) is 18.2 Å². The van der Waals surface area contributed by atoms with Crippen LogP contribution < -0.4 is 0 Å². The van der Waals surface area contributed by atoms with Crippen molar-refractivity contribution in [2.75, 3.05) is 0 Å². The van der Waals surface area contributed by atoms with E-state index < -0.39 is 0 Å². The first-order valence-corrected chi connectivity index (χ1v) is 6.73. The summed E-state index contributed by atoms with van der Waals surface area (Å²) in [6.07, 6.45) is 2.72. The molecular formula is C13H16BrClO. The standard InChI is InChI=1S/C13H16BrClO/c1-3-9(4-2)7-13(16)11-6-5-10(15)8-12(11)14/h5-6,8-9H,3-4,7H2,1-2H3. The topological polar surface area (TPSA) is 17.1 Å². The van der Waals surface area contributed by atoms with E-state index in [0.717, 1.165) is 22.9 Å². The number of hydrogen-bond donors (Lipinski definition) is 0. The SMILES string of the molecule is CCC(CC)CC(=O)c1ccc(Cl)cc1Br. The van der Waals surface area contributed by atoms with Crippen LogP contribution >= 0.6 is 27.5 Å². The second-order valence-corrected chi connectivity index (χ2v) is 5.22. The fraction of sp³-hybridized carbons (Fsp3) is 0.462. The van der Waals surface area contributed by atoms with Gasteiger partial charge in [0.1, 0.15) is 0 Å². The molecule has 0 saturated carbocycles. The Balaban J connectivity index is 2.80. The van der Waals surface area contributed by atoms with Gasteiger partial charge in [-0.2, -0.15) is 0 Å². The lowest BCUT2D eigenvalue weighted by atomic mass is 9.94. The van der Waals surface area contributed by atoms with Gasteiger partial charge in [0.05, 0.1) is 0 Å². The molecule has 1 aromatic carbocycles. The number of ketones is 1. The van der Waals surface area contributed by atoms with Crippen molar-refractivity contribution in [3.8, 4) is 0 Å². The molecule has 0 N–H and O–H groups in total. The third-order valence-electron chi connectivity index (χ3n) is 2.86. The van der Waals surface area contributed by atoms with Gasteiger partial charge in [0.2, 0.25) is 0 Å². The highest BCUT2D eigenvalue weighted by Gasteiger charge is 2.14. The largest absolute Gasteiger partial charge is 0.294 e. The summed E-state index contributed by atoms with van der Waals surface area (Å²) < 4.78 is 0.788. The molecule has 0 aromatic heterocycles. The van der Waals surface area contributed by atoms with E-state index in [0.29, 0.717) is 17.4 Å². The summed E-state index contributed by atoms with van der Waals surface area (Å²) in [4.78, 5) is 12.0. The molecule has 3 heteroatoms. The minimum atomic E-state index is 0.192. The molecule has 0 amide bonds. The van der Waals surface area contributed by atoms with Crippen molar-refractivity contribution in [3.63, 3.8) is 0 Å². The Bertz CT molecular complexity index is 372. The summed E-state index contributed by atoms with van der Waals surface area (Å²) in [5.74, 6) is 0.673. The lowest BCUT2D eigenvalue weighted by molar-refractivity contribution is 0.0958. The molecule has 0 saturated heterocycles. The molecule has 0 atom stereocenters. The minimum Gasteiger partial charge on any atom is -0.294 e. The van der Waals surface area contributed by atoms with Gasteiger partial charge in [-0.1, -0.05) is 38.3 Å². The molecule has 16 heavy (non-hydrogen) atoms. The van der Waals surface area contributed by atoms with Crippen molar-refractivity contribution in [2.45, 2.75) is 33.1 Å². The van der Waals surface area contributed by atoms with E-state index in [-0.39, 0.29) is 5.78 Å². The number of rotatable bonds is 5. The lowest BCUT2D eigenvalue weighted by Crippen LogP contribution is -2.08. The maximum absolute atomic E-state index is 12.0. The number of halogens is 2. The van der Waals surface area contributed by atoms with Gasteiger partial charge >= 0.3 is 0 Å². The molecule has 1 nitrogen and oxygen atoms in total. The summed E-state index contributed by atoms with van der Waals surface area (Å²) in [6.45, 7) is 4.25. The van der Waals surface area contributed by atoms with E-state index >= 15 is 0 Å². The first-order chi connectivity index (χ1) is 7.58. The van der Waals surface area contributed by atoms with Crippen LogP contribution in [0.5, 0.6) is 0 Å². The van der Waals surface area contributed by atoms with Crippen molar-refractivity contribution in [1.82, 2.24) is 0 Å². The quantitative estimate of drug-likeness (QED) is 0.691. The predicted molar refractivity (Wildman–Crippen MR) is 72.2 cm³/mol. The van der Waals surface area contributed by atoms with Crippen molar-refractivity contribution >= 4 is 33.3 Å². The minimum absolute atomic E-state index is 0.192. The Hall–Kier alpha value is -0.340. The van der Waals surface area contributed by atoms with Gasteiger partial charge in [-0.15, -0.1) is 0 Å². The maximum atomic E-state index is 12.0. The van der Waals surface area contributed by atoms with Gasteiger partial charge in [0.25, 0.3) is 0 Å². The van der Waals surface area contributed by atoms with Crippen LogP contribution in [0.2, 0.25) is 5.02 Å². The Labute approximate surface area is 110 Å². The predicted octanol–water partition coefficient (Wildman–Crippen LogP) is 5.11. The third kappa shape index (κ3) is 3.60. The van der Waals surface area contributed by atoms with Gasteiger partial charge in [0.15, 0.2) is 5.78 Å². The second-order valence-electron chi connectivity index (χ2n) is 3.93. The molecule has 1 aromatic rings. The van der Waals surface area contributed by atoms with Crippen LogP contribution in [0.25, 0.3) is 0 Å². The lowest BCUT2D eigenvalue weighted by Gasteiger charge is -2.11. The summed E-state index contributed by atoms with van der Waals surface area (Å²) in [7, 11) is 0. The normalized spacial score (nSPS) is 10.8. The molecule has 88 valence electrons. The molecule has 0 bridgehead atoms. The maximum Gasteiger partial charge on any atom is 0.164 e. The van der Waals surface area contributed by atoms with Crippen molar-refractivity contribution in [1.29, 1.82) is 0 Å². The number of hydrogen-bond acceptors (Lipinski definition) is 1. The Morgan fingerprint density at radius 1 is 1.38 bits per heavy atom. The smallest absolute Gasteiger partial charge is 0.164 e. The molecule has 0 unspecified atom stereocenters. The Kier molecular flexibility index (Phi) is 5.50. The van der Waals surface area contributed by atoms with Crippen LogP contribution in [0.1, 0.15) is 43.5 Å². The van der Waals surface area contributed by atoms with Crippen LogP contribution in [0.4, 0.5) is 0 Å². The van der Waals surface area contributed by atoms with Crippen LogP contribution in [-0.2, 0) is 0 Å². The van der Waals surface area contributed by atoms with Crippen LogP contribution in [0.3, 0.4) is 0 Å².